The van der Waals surface area contributed by atoms with Crippen molar-refractivity contribution in [2.45, 2.75) is 0 Å². The van der Waals surface area contributed by atoms with Crippen LogP contribution in [0.1, 0.15) is 10.4 Å². The van der Waals surface area contributed by atoms with Crippen molar-refractivity contribution >= 4 is 17.5 Å². The minimum Gasteiger partial charge on any atom is -0.396 e. The molecular weight excluding hydrogens is 244 g/mol. The Kier molecular flexibility index (Phi) is 3.14. The van der Waals surface area contributed by atoms with Crippen LogP contribution in [-0.2, 0) is 4.79 Å². The predicted octanol–water partition coefficient (Wildman–Crippen LogP) is 0.119. The van der Waals surface area contributed by atoms with Gasteiger partial charge in [0, 0.05) is 13.1 Å². The molecule has 0 spiro atoms. The summed E-state index contributed by atoms with van der Waals surface area (Å²) in [6.45, 7) is 0.251. The van der Waals surface area contributed by atoms with Gasteiger partial charge in [-0.15, -0.1) is 0 Å². The summed E-state index contributed by atoms with van der Waals surface area (Å²) < 4.78 is 27.1. The lowest BCUT2D eigenvalue weighted by Gasteiger charge is -2.27. The van der Waals surface area contributed by atoms with E-state index in [1.165, 1.54) is 0 Å². The Labute approximate surface area is 102 Å². The topological polar surface area (TPSA) is 75.4 Å². The Morgan fingerprint density at radius 1 is 1.39 bits per heavy atom. The standard InChI is InChI=1S/C11H11F2N3O2/c12-6-1-2-7(14)10(13)9(6)11(18)16-4-3-15-8(17)5-16/h1-2H,3-5,14H2,(H,15,17). The molecule has 0 unspecified atom stereocenters. The molecule has 1 aliphatic rings. The van der Waals surface area contributed by atoms with Crippen LogP contribution in [0.25, 0.3) is 0 Å². The molecule has 1 aromatic rings. The first-order valence-corrected chi connectivity index (χ1v) is 5.30. The molecule has 1 heterocycles. The van der Waals surface area contributed by atoms with Gasteiger partial charge in [0.1, 0.15) is 11.4 Å². The summed E-state index contributed by atoms with van der Waals surface area (Å²) in [6.07, 6.45) is 0. The van der Waals surface area contributed by atoms with Crippen LogP contribution in [-0.4, -0.2) is 36.3 Å². The predicted molar refractivity (Wildman–Crippen MR) is 59.7 cm³/mol. The smallest absolute Gasteiger partial charge is 0.260 e. The third-order valence-electron chi connectivity index (χ3n) is 2.66. The van der Waals surface area contributed by atoms with Crippen LogP contribution in [0.3, 0.4) is 0 Å². The number of hydrogen-bond donors (Lipinski definition) is 2. The van der Waals surface area contributed by atoms with E-state index in [0.717, 1.165) is 17.0 Å². The van der Waals surface area contributed by atoms with E-state index in [1.807, 2.05) is 0 Å². The van der Waals surface area contributed by atoms with Crippen LogP contribution in [0, 0.1) is 11.6 Å². The second-order valence-corrected chi connectivity index (χ2v) is 3.90. The molecule has 1 saturated heterocycles. The molecule has 3 N–H and O–H groups in total. The normalized spacial score (nSPS) is 15.4. The maximum absolute atomic E-state index is 13.7. The van der Waals surface area contributed by atoms with Gasteiger partial charge in [0.2, 0.25) is 5.91 Å². The molecule has 0 aromatic heterocycles. The zero-order chi connectivity index (χ0) is 13.3. The molecule has 2 amide bonds. The molecule has 2 rings (SSSR count). The van der Waals surface area contributed by atoms with Gasteiger partial charge in [-0.05, 0) is 12.1 Å². The number of benzene rings is 1. The molecule has 0 atom stereocenters. The van der Waals surface area contributed by atoms with Crippen LogP contribution in [0.5, 0.6) is 0 Å². The van der Waals surface area contributed by atoms with Crippen molar-refractivity contribution < 1.29 is 18.4 Å². The zero-order valence-electron chi connectivity index (χ0n) is 9.37. The lowest BCUT2D eigenvalue weighted by Crippen LogP contribution is -2.50. The molecule has 1 aromatic carbocycles. The number of carbonyl (C=O) groups excluding carboxylic acids is 2. The third kappa shape index (κ3) is 2.11. The molecule has 0 aliphatic carbocycles. The van der Waals surface area contributed by atoms with Crippen LogP contribution in [0.15, 0.2) is 12.1 Å². The number of nitrogen functional groups attached to an aromatic ring is 1. The maximum Gasteiger partial charge on any atom is 0.260 e. The van der Waals surface area contributed by atoms with Crippen molar-refractivity contribution in [2.75, 3.05) is 25.4 Å². The second-order valence-electron chi connectivity index (χ2n) is 3.90. The fraction of sp³-hybridized carbons (Fsp3) is 0.273. The summed E-state index contributed by atoms with van der Waals surface area (Å²) in [5.74, 6) is -3.31. The van der Waals surface area contributed by atoms with Crippen LogP contribution < -0.4 is 11.1 Å². The van der Waals surface area contributed by atoms with Crippen molar-refractivity contribution in [3.8, 4) is 0 Å². The molecule has 18 heavy (non-hydrogen) atoms. The van der Waals surface area contributed by atoms with E-state index in [9.17, 15) is 18.4 Å². The first kappa shape index (κ1) is 12.3. The largest absolute Gasteiger partial charge is 0.396 e. The Balaban J connectivity index is 2.34. The van der Waals surface area contributed by atoms with Gasteiger partial charge in [-0.3, -0.25) is 9.59 Å². The Morgan fingerprint density at radius 3 is 2.78 bits per heavy atom. The fourth-order valence-corrected chi connectivity index (χ4v) is 1.73. The Hall–Kier alpha value is -2.18. The van der Waals surface area contributed by atoms with Gasteiger partial charge in [-0.2, -0.15) is 0 Å². The number of nitrogens with two attached hydrogens (primary N) is 1. The molecule has 0 radical (unpaired) electrons. The highest BCUT2D eigenvalue weighted by atomic mass is 19.1. The molecule has 7 heteroatoms. The zero-order valence-corrected chi connectivity index (χ0v) is 9.37. The Bertz CT molecular complexity index is 519. The first-order chi connectivity index (χ1) is 8.50. The van der Waals surface area contributed by atoms with Gasteiger partial charge in [0.25, 0.3) is 5.91 Å². The highest BCUT2D eigenvalue weighted by Crippen LogP contribution is 2.20. The fourth-order valence-electron chi connectivity index (χ4n) is 1.73. The summed E-state index contributed by atoms with van der Waals surface area (Å²) in [7, 11) is 0. The van der Waals surface area contributed by atoms with Gasteiger partial charge in [-0.1, -0.05) is 0 Å². The van der Waals surface area contributed by atoms with E-state index >= 15 is 0 Å². The van der Waals surface area contributed by atoms with Crippen LogP contribution in [0.2, 0.25) is 0 Å². The molecule has 1 aliphatic heterocycles. The average Bonchev–Trinajstić information content (AvgIpc) is 2.34. The molecule has 1 fully saturated rings. The summed E-state index contributed by atoms with van der Waals surface area (Å²) in [4.78, 5) is 24.2. The quantitative estimate of drug-likeness (QED) is 0.700. The van der Waals surface area contributed by atoms with Crippen LogP contribution in [0.4, 0.5) is 14.5 Å². The SMILES string of the molecule is Nc1ccc(F)c(C(=O)N2CCNC(=O)C2)c1F. The van der Waals surface area contributed by atoms with Crippen molar-refractivity contribution in [1.82, 2.24) is 10.2 Å². The van der Waals surface area contributed by atoms with Gasteiger partial charge in [0.15, 0.2) is 5.82 Å². The highest BCUT2D eigenvalue weighted by molar-refractivity contribution is 5.98. The number of anilines is 1. The summed E-state index contributed by atoms with van der Waals surface area (Å²) in [6, 6.07) is 1.97. The van der Waals surface area contributed by atoms with Crippen molar-refractivity contribution in [1.29, 1.82) is 0 Å². The molecule has 96 valence electrons. The molecule has 5 nitrogen and oxygen atoms in total. The maximum atomic E-state index is 13.7. The Morgan fingerprint density at radius 2 is 2.11 bits per heavy atom. The summed E-state index contributed by atoms with van der Waals surface area (Å²) in [5.41, 5.74) is 4.27. The number of nitrogens with zero attached hydrogens (tertiary/aromatic N) is 1. The van der Waals surface area contributed by atoms with Crippen LogP contribution >= 0.6 is 0 Å². The molecular formula is C11H11F2N3O2. The van der Waals surface area contributed by atoms with E-state index in [0.29, 0.717) is 0 Å². The van der Waals surface area contributed by atoms with Gasteiger partial charge < -0.3 is 16.0 Å². The summed E-state index contributed by atoms with van der Waals surface area (Å²) in [5, 5.41) is 2.51. The first-order valence-electron chi connectivity index (χ1n) is 5.30. The lowest BCUT2D eigenvalue weighted by molar-refractivity contribution is -0.123. The lowest BCUT2D eigenvalue weighted by atomic mass is 10.1. The van der Waals surface area contributed by atoms with E-state index in [4.69, 9.17) is 5.73 Å². The van der Waals surface area contributed by atoms with Gasteiger partial charge in [0.05, 0.1) is 12.2 Å². The summed E-state index contributed by atoms with van der Waals surface area (Å²) >= 11 is 0. The number of carbonyl (C=O) groups is 2. The van der Waals surface area contributed by atoms with Crippen molar-refractivity contribution in [2.24, 2.45) is 0 Å². The number of hydrogen-bond acceptors (Lipinski definition) is 3. The van der Waals surface area contributed by atoms with Crippen molar-refractivity contribution in [3.05, 3.63) is 29.3 Å². The van der Waals surface area contributed by atoms with E-state index in [-0.39, 0.29) is 31.2 Å². The van der Waals surface area contributed by atoms with E-state index < -0.39 is 23.1 Å². The minimum atomic E-state index is -1.09. The number of rotatable bonds is 1. The third-order valence-corrected chi connectivity index (χ3v) is 2.66. The average molecular weight is 255 g/mol. The van der Waals surface area contributed by atoms with E-state index in [2.05, 4.69) is 5.32 Å². The second kappa shape index (κ2) is 4.59. The van der Waals surface area contributed by atoms with Gasteiger partial charge in [-0.25, -0.2) is 8.78 Å². The molecule has 0 saturated carbocycles. The number of nitrogens with one attached hydrogen (secondary N) is 1. The number of halogens is 2. The molecule has 0 bridgehead atoms. The monoisotopic (exact) mass is 255 g/mol. The highest BCUT2D eigenvalue weighted by Gasteiger charge is 2.27. The number of piperazine rings is 1. The van der Waals surface area contributed by atoms with Crippen molar-refractivity contribution in [3.63, 3.8) is 0 Å². The van der Waals surface area contributed by atoms with Gasteiger partial charge >= 0.3 is 0 Å². The van der Waals surface area contributed by atoms with E-state index in [1.54, 1.807) is 0 Å². The minimum absolute atomic E-state index is 0.207. The number of amides is 2.